The van der Waals surface area contributed by atoms with Crippen LogP contribution in [0.25, 0.3) is 5.69 Å². The third-order valence-corrected chi connectivity index (χ3v) is 4.38. The molecule has 2 rings (SSSR count). The van der Waals surface area contributed by atoms with Gasteiger partial charge in [-0.2, -0.15) is 4.57 Å². The van der Waals surface area contributed by atoms with Gasteiger partial charge < -0.3 is 0 Å². The monoisotopic (exact) mass is 246 g/mol. The van der Waals surface area contributed by atoms with Crippen LogP contribution in [-0.2, 0) is 12.8 Å². The minimum atomic E-state index is 1.09. The Balaban J connectivity index is 2.68. The second kappa shape index (κ2) is 5.01. The molecule has 90 valence electrons. The summed E-state index contributed by atoms with van der Waals surface area (Å²) in [6, 6.07) is 6.66. The fraction of sp³-hybridized carbons (Fsp3) is 0.400. The standard InChI is InChI=1S/C15H20NS/c1-5-13-8-7-9-14(6-2)15(13)16-10-17-12(4)11(16)3/h7-10H,5-6H2,1-4H3/q+1. The quantitative estimate of drug-likeness (QED) is 0.726. The van der Waals surface area contributed by atoms with Crippen LogP contribution in [0.15, 0.2) is 23.7 Å². The van der Waals surface area contributed by atoms with Crippen molar-refractivity contribution in [1.82, 2.24) is 0 Å². The van der Waals surface area contributed by atoms with Gasteiger partial charge in [0.25, 0.3) is 0 Å². The third kappa shape index (κ3) is 2.14. The van der Waals surface area contributed by atoms with Gasteiger partial charge in [0.1, 0.15) is 0 Å². The summed E-state index contributed by atoms with van der Waals surface area (Å²) in [5, 5.41) is 0. The van der Waals surface area contributed by atoms with Gasteiger partial charge in [0.2, 0.25) is 11.2 Å². The SMILES string of the molecule is CCc1cccc(CC)c1-[n+]1csc(C)c1C. The number of hydrogen-bond donors (Lipinski definition) is 0. The van der Waals surface area contributed by atoms with Gasteiger partial charge in [-0.25, -0.2) is 0 Å². The average Bonchev–Trinajstić information content (AvgIpc) is 2.69. The molecule has 1 aromatic heterocycles. The molecule has 2 aromatic rings. The largest absolute Gasteiger partial charge is 0.231 e. The summed E-state index contributed by atoms with van der Waals surface area (Å²) in [5.74, 6) is 0. The smallest absolute Gasteiger partial charge is 0.154 e. The predicted octanol–water partition coefficient (Wildman–Crippen LogP) is 3.77. The molecule has 0 saturated carbocycles. The van der Waals surface area contributed by atoms with E-state index >= 15 is 0 Å². The van der Waals surface area contributed by atoms with Crippen molar-refractivity contribution in [3.63, 3.8) is 0 Å². The van der Waals surface area contributed by atoms with E-state index in [4.69, 9.17) is 0 Å². The predicted molar refractivity (Wildman–Crippen MR) is 74.1 cm³/mol. The highest BCUT2D eigenvalue weighted by molar-refractivity contribution is 7.09. The first-order chi connectivity index (χ1) is 8.19. The molecule has 0 bridgehead atoms. The molecule has 0 N–H and O–H groups in total. The van der Waals surface area contributed by atoms with E-state index in [0.717, 1.165) is 12.8 Å². The highest BCUT2D eigenvalue weighted by atomic mass is 32.1. The maximum Gasteiger partial charge on any atom is 0.231 e. The molecular weight excluding hydrogens is 226 g/mol. The van der Waals surface area contributed by atoms with Crippen LogP contribution in [0.5, 0.6) is 0 Å². The molecule has 0 atom stereocenters. The molecule has 2 heteroatoms. The topological polar surface area (TPSA) is 3.88 Å². The van der Waals surface area contributed by atoms with Gasteiger partial charge in [0.15, 0.2) is 5.69 Å². The molecule has 0 spiro atoms. The number of thiazole rings is 1. The summed E-state index contributed by atoms with van der Waals surface area (Å²) in [7, 11) is 0. The van der Waals surface area contributed by atoms with Crippen LogP contribution < -0.4 is 4.57 Å². The fourth-order valence-electron chi connectivity index (χ4n) is 2.21. The van der Waals surface area contributed by atoms with Crippen molar-refractivity contribution < 1.29 is 4.57 Å². The Hall–Kier alpha value is -1.15. The molecule has 1 heterocycles. The lowest BCUT2D eigenvalue weighted by Gasteiger charge is -2.07. The van der Waals surface area contributed by atoms with Gasteiger partial charge in [-0.1, -0.05) is 43.4 Å². The Kier molecular flexibility index (Phi) is 3.63. The molecule has 0 aliphatic carbocycles. The van der Waals surface area contributed by atoms with Crippen molar-refractivity contribution in [2.24, 2.45) is 0 Å². The number of aryl methyl sites for hydroxylation is 3. The maximum absolute atomic E-state index is 2.36. The van der Waals surface area contributed by atoms with Crippen molar-refractivity contribution in [3.8, 4) is 5.69 Å². The van der Waals surface area contributed by atoms with E-state index in [1.54, 1.807) is 0 Å². The van der Waals surface area contributed by atoms with E-state index in [1.807, 2.05) is 11.3 Å². The molecule has 0 amide bonds. The number of nitrogens with zero attached hydrogens (tertiary/aromatic N) is 1. The van der Waals surface area contributed by atoms with Gasteiger partial charge in [-0.15, -0.1) is 0 Å². The first-order valence-corrected chi connectivity index (χ1v) is 7.14. The molecular formula is C15H20NS+. The van der Waals surface area contributed by atoms with Gasteiger partial charge in [0.05, 0.1) is 4.88 Å². The minimum absolute atomic E-state index is 1.09. The van der Waals surface area contributed by atoms with Crippen LogP contribution in [0, 0.1) is 13.8 Å². The second-order valence-electron chi connectivity index (χ2n) is 4.37. The zero-order chi connectivity index (χ0) is 12.4. The average molecular weight is 246 g/mol. The molecule has 0 aliphatic heterocycles. The molecule has 1 nitrogen and oxygen atoms in total. The summed E-state index contributed by atoms with van der Waals surface area (Å²) in [6.45, 7) is 8.86. The lowest BCUT2D eigenvalue weighted by atomic mass is 10.0. The van der Waals surface area contributed by atoms with E-state index in [2.05, 4.69) is 56.0 Å². The third-order valence-electron chi connectivity index (χ3n) is 3.41. The zero-order valence-corrected chi connectivity index (χ0v) is 11.9. The molecule has 0 unspecified atom stereocenters. The number of benzene rings is 1. The highest BCUT2D eigenvalue weighted by Crippen LogP contribution is 2.20. The van der Waals surface area contributed by atoms with Crippen LogP contribution in [-0.4, -0.2) is 0 Å². The summed E-state index contributed by atoms with van der Waals surface area (Å²) >= 11 is 1.83. The molecule has 0 radical (unpaired) electrons. The summed E-state index contributed by atoms with van der Waals surface area (Å²) < 4.78 is 2.36. The Morgan fingerprint density at radius 2 is 1.65 bits per heavy atom. The Morgan fingerprint density at radius 1 is 1.06 bits per heavy atom. The van der Waals surface area contributed by atoms with Crippen molar-refractivity contribution in [2.45, 2.75) is 40.5 Å². The lowest BCUT2D eigenvalue weighted by Crippen LogP contribution is -2.34. The molecule has 0 aliphatic rings. The van der Waals surface area contributed by atoms with Crippen molar-refractivity contribution in [2.75, 3.05) is 0 Å². The Bertz CT molecular complexity index is 503. The van der Waals surface area contributed by atoms with E-state index in [-0.39, 0.29) is 0 Å². The van der Waals surface area contributed by atoms with E-state index in [1.165, 1.54) is 27.4 Å². The molecule has 1 aromatic carbocycles. The zero-order valence-electron chi connectivity index (χ0n) is 11.1. The van der Waals surface area contributed by atoms with Crippen LogP contribution in [0.4, 0.5) is 0 Å². The lowest BCUT2D eigenvalue weighted by molar-refractivity contribution is -0.598. The van der Waals surface area contributed by atoms with Crippen molar-refractivity contribution >= 4 is 11.3 Å². The Morgan fingerprint density at radius 3 is 2.06 bits per heavy atom. The number of rotatable bonds is 3. The summed E-state index contributed by atoms with van der Waals surface area (Å²) in [6.07, 6.45) is 2.18. The van der Waals surface area contributed by atoms with E-state index < -0.39 is 0 Å². The molecule has 17 heavy (non-hydrogen) atoms. The van der Waals surface area contributed by atoms with Gasteiger partial charge in [-0.05, 0) is 19.8 Å². The van der Waals surface area contributed by atoms with Gasteiger partial charge in [-0.3, -0.25) is 0 Å². The summed E-state index contributed by atoms with van der Waals surface area (Å²) in [5.41, 5.74) is 7.88. The molecule has 0 fully saturated rings. The Labute approximate surface area is 108 Å². The van der Waals surface area contributed by atoms with Crippen LogP contribution >= 0.6 is 11.3 Å². The van der Waals surface area contributed by atoms with Gasteiger partial charge in [0, 0.05) is 18.1 Å². The van der Waals surface area contributed by atoms with Crippen LogP contribution in [0.1, 0.15) is 35.5 Å². The first kappa shape index (κ1) is 12.3. The van der Waals surface area contributed by atoms with E-state index in [9.17, 15) is 0 Å². The normalized spacial score (nSPS) is 10.8. The van der Waals surface area contributed by atoms with Gasteiger partial charge >= 0.3 is 0 Å². The minimum Gasteiger partial charge on any atom is -0.154 e. The van der Waals surface area contributed by atoms with Crippen molar-refractivity contribution in [3.05, 3.63) is 45.4 Å². The number of hydrogen-bond acceptors (Lipinski definition) is 1. The van der Waals surface area contributed by atoms with Crippen LogP contribution in [0.2, 0.25) is 0 Å². The first-order valence-electron chi connectivity index (χ1n) is 6.26. The number of para-hydroxylation sites is 1. The van der Waals surface area contributed by atoms with E-state index in [0.29, 0.717) is 0 Å². The highest BCUT2D eigenvalue weighted by Gasteiger charge is 2.21. The molecule has 0 saturated heterocycles. The van der Waals surface area contributed by atoms with Crippen LogP contribution in [0.3, 0.4) is 0 Å². The van der Waals surface area contributed by atoms with Crippen molar-refractivity contribution in [1.29, 1.82) is 0 Å². The number of aromatic nitrogens is 1. The maximum atomic E-state index is 2.36. The second-order valence-corrected chi connectivity index (χ2v) is 5.43. The summed E-state index contributed by atoms with van der Waals surface area (Å²) in [4.78, 5) is 1.40. The fourth-order valence-corrected chi connectivity index (χ4v) is 3.01.